The molecule has 6 nitrogen and oxygen atoms in total. The van der Waals surface area contributed by atoms with Gasteiger partial charge in [-0.15, -0.1) is 11.3 Å². The summed E-state index contributed by atoms with van der Waals surface area (Å²) in [6.45, 7) is 0.606. The smallest absolute Gasteiger partial charge is 0.266 e. The van der Waals surface area contributed by atoms with Gasteiger partial charge in [-0.2, -0.15) is 10.2 Å². The molecule has 0 amide bonds. The highest BCUT2D eigenvalue weighted by Crippen LogP contribution is 2.28. The Morgan fingerprint density at radius 1 is 1.39 bits per heavy atom. The molecule has 0 aromatic carbocycles. The molecule has 3 heterocycles. The summed E-state index contributed by atoms with van der Waals surface area (Å²) in [6, 6.07) is 9.84. The Morgan fingerprint density at radius 2 is 2.26 bits per heavy atom. The predicted octanol–water partition coefficient (Wildman–Crippen LogP) is 3.58. The van der Waals surface area contributed by atoms with Crippen LogP contribution in [-0.2, 0) is 0 Å². The summed E-state index contributed by atoms with van der Waals surface area (Å²) < 4.78 is 10.9. The molecule has 0 saturated heterocycles. The van der Waals surface area contributed by atoms with Gasteiger partial charge in [-0.1, -0.05) is 6.07 Å². The number of aromatic nitrogens is 1. The molecule has 118 valence electrons. The van der Waals surface area contributed by atoms with Crippen molar-refractivity contribution >= 4 is 17.2 Å². The molecule has 0 saturated carbocycles. The second kappa shape index (κ2) is 6.69. The highest BCUT2D eigenvalue weighted by atomic mass is 32.1. The minimum absolute atomic E-state index is 0.179. The SMILES string of the molecule is CN(C)C(CNc1oc(-c2ccco2)nc1C#N)c1cccs1. The van der Waals surface area contributed by atoms with Crippen molar-refractivity contribution in [2.75, 3.05) is 26.0 Å². The average Bonchev–Trinajstić information content (AvgIpc) is 3.28. The van der Waals surface area contributed by atoms with Gasteiger partial charge in [-0.3, -0.25) is 0 Å². The van der Waals surface area contributed by atoms with Crippen LogP contribution in [-0.4, -0.2) is 30.5 Å². The van der Waals surface area contributed by atoms with E-state index in [-0.39, 0.29) is 11.7 Å². The molecule has 0 aliphatic rings. The number of thiophene rings is 1. The lowest BCUT2D eigenvalue weighted by molar-refractivity contribution is 0.314. The molecule has 23 heavy (non-hydrogen) atoms. The van der Waals surface area contributed by atoms with Gasteiger partial charge in [0, 0.05) is 11.4 Å². The molecule has 3 aromatic heterocycles. The van der Waals surface area contributed by atoms with Gasteiger partial charge in [0.2, 0.25) is 11.6 Å². The molecular formula is C16H16N4O2S. The van der Waals surface area contributed by atoms with Crippen LogP contribution in [0.2, 0.25) is 0 Å². The van der Waals surface area contributed by atoms with Crippen molar-refractivity contribution in [3.8, 4) is 17.7 Å². The Morgan fingerprint density at radius 3 is 2.87 bits per heavy atom. The number of nitrogens with one attached hydrogen (secondary N) is 1. The van der Waals surface area contributed by atoms with Crippen LogP contribution in [0.1, 0.15) is 16.6 Å². The molecular weight excluding hydrogens is 312 g/mol. The second-order valence-corrected chi connectivity index (χ2v) is 6.14. The third-order valence-corrected chi connectivity index (χ3v) is 4.39. The molecule has 0 aliphatic carbocycles. The third-order valence-electron chi connectivity index (χ3n) is 3.42. The van der Waals surface area contributed by atoms with Crippen molar-refractivity contribution in [1.82, 2.24) is 9.88 Å². The fraction of sp³-hybridized carbons (Fsp3) is 0.250. The van der Waals surface area contributed by atoms with E-state index >= 15 is 0 Å². The maximum absolute atomic E-state index is 9.24. The van der Waals surface area contributed by atoms with Crippen LogP contribution < -0.4 is 5.32 Å². The van der Waals surface area contributed by atoms with Gasteiger partial charge in [-0.25, -0.2) is 0 Å². The van der Waals surface area contributed by atoms with Gasteiger partial charge in [0.1, 0.15) is 6.07 Å². The van der Waals surface area contributed by atoms with Crippen LogP contribution in [0, 0.1) is 11.3 Å². The number of anilines is 1. The van der Waals surface area contributed by atoms with Crippen LogP contribution in [0.15, 0.2) is 44.7 Å². The van der Waals surface area contributed by atoms with Gasteiger partial charge in [0.15, 0.2) is 5.76 Å². The summed E-state index contributed by atoms with van der Waals surface area (Å²) in [7, 11) is 4.04. The van der Waals surface area contributed by atoms with Crippen LogP contribution in [0.5, 0.6) is 0 Å². The zero-order chi connectivity index (χ0) is 16.2. The molecule has 0 bridgehead atoms. The van der Waals surface area contributed by atoms with Crippen LogP contribution >= 0.6 is 11.3 Å². The number of nitriles is 1. The molecule has 1 unspecified atom stereocenters. The molecule has 1 N–H and O–H groups in total. The van der Waals surface area contributed by atoms with Crippen LogP contribution in [0.3, 0.4) is 0 Å². The Hall–Kier alpha value is -2.56. The summed E-state index contributed by atoms with van der Waals surface area (Å²) in [5, 5.41) is 14.5. The van der Waals surface area contributed by atoms with E-state index in [1.54, 1.807) is 23.5 Å². The quantitative estimate of drug-likeness (QED) is 0.745. The summed E-state index contributed by atoms with van der Waals surface area (Å²) in [4.78, 5) is 7.52. The van der Waals surface area contributed by atoms with Gasteiger partial charge in [0.25, 0.3) is 5.89 Å². The maximum Gasteiger partial charge on any atom is 0.266 e. The van der Waals surface area contributed by atoms with E-state index in [0.29, 0.717) is 24.1 Å². The molecule has 3 aromatic rings. The van der Waals surface area contributed by atoms with E-state index < -0.39 is 0 Å². The Bertz CT molecular complexity index is 785. The van der Waals surface area contributed by atoms with Gasteiger partial charge >= 0.3 is 0 Å². The van der Waals surface area contributed by atoms with E-state index in [1.165, 1.54) is 11.1 Å². The summed E-state index contributed by atoms with van der Waals surface area (Å²) in [6.07, 6.45) is 1.54. The van der Waals surface area contributed by atoms with E-state index in [2.05, 4.69) is 26.6 Å². The normalized spacial score (nSPS) is 12.3. The molecule has 0 spiro atoms. The standard InChI is InChI=1S/C16H16N4O2S/c1-20(2)12(14-6-4-8-23-14)10-18-15-11(9-17)19-16(22-15)13-5-3-7-21-13/h3-8,12,18H,10H2,1-2H3. The highest BCUT2D eigenvalue weighted by Gasteiger charge is 2.19. The van der Waals surface area contributed by atoms with Crippen molar-refractivity contribution in [2.24, 2.45) is 0 Å². The first kappa shape index (κ1) is 15.3. The lowest BCUT2D eigenvalue weighted by Crippen LogP contribution is -2.26. The minimum Gasteiger partial charge on any atom is -0.459 e. The zero-order valence-electron chi connectivity index (χ0n) is 12.8. The lowest BCUT2D eigenvalue weighted by Gasteiger charge is -2.23. The lowest BCUT2D eigenvalue weighted by atomic mass is 10.2. The Labute approximate surface area is 138 Å². The van der Waals surface area contributed by atoms with E-state index in [9.17, 15) is 5.26 Å². The fourth-order valence-electron chi connectivity index (χ4n) is 2.23. The predicted molar refractivity (Wildman–Crippen MR) is 88.2 cm³/mol. The number of rotatable bonds is 6. The molecule has 0 aliphatic heterocycles. The monoisotopic (exact) mass is 328 g/mol. The van der Waals surface area contributed by atoms with Crippen LogP contribution in [0.25, 0.3) is 11.7 Å². The van der Waals surface area contributed by atoms with Gasteiger partial charge < -0.3 is 19.1 Å². The average molecular weight is 328 g/mol. The Kier molecular flexibility index (Phi) is 4.46. The Balaban J connectivity index is 1.78. The highest BCUT2D eigenvalue weighted by molar-refractivity contribution is 7.10. The number of furan rings is 1. The summed E-state index contributed by atoms with van der Waals surface area (Å²) >= 11 is 1.70. The maximum atomic E-state index is 9.24. The summed E-state index contributed by atoms with van der Waals surface area (Å²) in [5.41, 5.74) is 0.222. The van der Waals surface area contributed by atoms with E-state index in [4.69, 9.17) is 8.83 Å². The first-order valence-electron chi connectivity index (χ1n) is 7.07. The number of nitrogens with zero attached hydrogens (tertiary/aromatic N) is 3. The number of hydrogen-bond donors (Lipinski definition) is 1. The molecule has 0 radical (unpaired) electrons. The largest absolute Gasteiger partial charge is 0.459 e. The van der Waals surface area contributed by atoms with Crippen molar-refractivity contribution in [2.45, 2.75) is 6.04 Å². The zero-order valence-corrected chi connectivity index (χ0v) is 13.6. The molecule has 3 rings (SSSR count). The first-order chi connectivity index (χ1) is 11.2. The second-order valence-electron chi connectivity index (χ2n) is 5.16. The van der Waals surface area contributed by atoms with E-state index in [0.717, 1.165) is 0 Å². The molecule has 0 fully saturated rings. The number of likely N-dealkylation sites (N-methyl/N-ethyl adjacent to an activating group) is 1. The van der Waals surface area contributed by atoms with Crippen molar-refractivity contribution < 1.29 is 8.83 Å². The molecule has 1 atom stereocenters. The third kappa shape index (κ3) is 3.28. The fourth-order valence-corrected chi connectivity index (χ4v) is 3.15. The van der Waals surface area contributed by atoms with E-state index in [1.807, 2.05) is 26.2 Å². The first-order valence-corrected chi connectivity index (χ1v) is 7.95. The summed E-state index contributed by atoms with van der Waals surface area (Å²) in [5.74, 6) is 1.16. The van der Waals surface area contributed by atoms with Gasteiger partial charge in [-0.05, 0) is 37.7 Å². The van der Waals surface area contributed by atoms with Crippen molar-refractivity contribution in [1.29, 1.82) is 5.26 Å². The number of hydrogen-bond acceptors (Lipinski definition) is 7. The van der Waals surface area contributed by atoms with Gasteiger partial charge in [0.05, 0.1) is 12.3 Å². The van der Waals surface area contributed by atoms with Crippen molar-refractivity contribution in [3.05, 3.63) is 46.5 Å². The van der Waals surface area contributed by atoms with Crippen LogP contribution in [0.4, 0.5) is 5.88 Å². The van der Waals surface area contributed by atoms with Crippen molar-refractivity contribution in [3.63, 3.8) is 0 Å². The number of oxazole rings is 1. The topological polar surface area (TPSA) is 78.2 Å². The minimum atomic E-state index is 0.179. The molecule has 7 heteroatoms.